The first-order valence-electron chi connectivity index (χ1n) is 9.01. The summed E-state index contributed by atoms with van der Waals surface area (Å²) in [7, 11) is 0. The second-order valence-electron chi connectivity index (χ2n) is 6.85. The van der Waals surface area contributed by atoms with E-state index in [0.717, 1.165) is 23.2 Å². The summed E-state index contributed by atoms with van der Waals surface area (Å²) in [5.74, 6) is 0.487. The van der Waals surface area contributed by atoms with Crippen LogP contribution in [0.2, 0.25) is 5.02 Å². The number of amides is 1. The molecule has 2 aromatic heterocycles. The molecule has 0 aliphatic carbocycles. The molecule has 152 valence electrons. The predicted molar refractivity (Wildman–Crippen MR) is 103 cm³/mol. The van der Waals surface area contributed by atoms with E-state index in [0.29, 0.717) is 42.6 Å². The maximum atomic E-state index is 12.9. The van der Waals surface area contributed by atoms with E-state index in [4.69, 9.17) is 16.0 Å². The highest BCUT2D eigenvalue weighted by atomic mass is 35.5. The molecular formula is C20H17ClF3N3O2. The zero-order valence-electron chi connectivity index (χ0n) is 15.5. The van der Waals surface area contributed by atoms with Gasteiger partial charge < -0.3 is 14.2 Å². The Bertz CT molecular complexity index is 1060. The van der Waals surface area contributed by atoms with E-state index < -0.39 is 11.7 Å². The molecule has 0 spiro atoms. The maximum absolute atomic E-state index is 12.9. The molecule has 0 radical (unpaired) electrons. The molecule has 29 heavy (non-hydrogen) atoms. The van der Waals surface area contributed by atoms with Gasteiger partial charge in [-0.1, -0.05) is 23.7 Å². The molecule has 0 unspecified atom stereocenters. The Morgan fingerprint density at radius 2 is 1.86 bits per heavy atom. The first-order chi connectivity index (χ1) is 13.8. The smallest absolute Gasteiger partial charge is 0.417 e. The van der Waals surface area contributed by atoms with Gasteiger partial charge >= 0.3 is 6.18 Å². The van der Waals surface area contributed by atoms with Crippen LogP contribution in [0.1, 0.15) is 21.7 Å². The van der Waals surface area contributed by atoms with Crippen LogP contribution in [0.4, 0.5) is 19.0 Å². The summed E-state index contributed by atoms with van der Waals surface area (Å²) >= 11 is 6.16. The number of para-hydroxylation sites is 1. The Labute approximate surface area is 169 Å². The molecule has 3 aromatic rings. The van der Waals surface area contributed by atoms with Gasteiger partial charge in [0.25, 0.3) is 5.91 Å². The number of aryl methyl sites for hydroxylation is 1. The van der Waals surface area contributed by atoms with Crippen LogP contribution in [0.5, 0.6) is 0 Å². The van der Waals surface area contributed by atoms with Crippen molar-refractivity contribution < 1.29 is 22.4 Å². The summed E-state index contributed by atoms with van der Waals surface area (Å²) < 4.78 is 43.8. The summed E-state index contributed by atoms with van der Waals surface area (Å²) in [6.07, 6.45) is -3.58. The van der Waals surface area contributed by atoms with Gasteiger partial charge in [0.1, 0.15) is 5.82 Å². The number of nitrogens with zero attached hydrogens (tertiary/aromatic N) is 3. The lowest BCUT2D eigenvalue weighted by atomic mass is 10.1. The lowest BCUT2D eigenvalue weighted by Crippen LogP contribution is -2.49. The van der Waals surface area contributed by atoms with Crippen LogP contribution >= 0.6 is 11.6 Å². The van der Waals surface area contributed by atoms with Gasteiger partial charge in [-0.15, -0.1) is 0 Å². The number of piperazine rings is 1. The highest BCUT2D eigenvalue weighted by molar-refractivity contribution is 6.35. The summed E-state index contributed by atoms with van der Waals surface area (Å²) in [4.78, 5) is 20.4. The fourth-order valence-electron chi connectivity index (χ4n) is 3.44. The van der Waals surface area contributed by atoms with E-state index >= 15 is 0 Å². The molecule has 0 N–H and O–H groups in total. The Hall–Kier alpha value is -2.74. The molecule has 1 aliphatic rings. The fraction of sp³-hybridized carbons (Fsp3) is 0.300. The van der Waals surface area contributed by atoms with Gasteiger partial charge in [0.2, 0.25) is 0 Å². The first-order valence-corrected chi connectivity index (χ1v) is 9.38. The third-order valence-electron chi connectivity index (χ3n) is 5.08. The van der Waals surface area contributed by atoms with Crippen molar-refractivity contribution in [3.63, 3.8) is 0 Å². The summed E-state index contributed by atoms with van der Waals surface area (Å²) in [5, 5.41) is 1.25. The lowest BCUT2D eigenvalue weighted by molar-refractivity contribution is -0.137. The molecule has 1 aromatic carbocycles. The van der Waals surface area contributed by atoms with Gasteiger partial charge in [-0.25, -0.2) is 4.98 Å². The number of alkyl halides is 3. The number of halogens is 4. The molecule has 5 nitrogen and oxygen atoms in total. The monoisotopic (exact) mass is 423 g/mol. The maximum Gasteiger partial charge on any atom is 0.417 e. The molecule has 1 saturated heterocycles. The number of hydrogen-bond acceptors (Lipinski definition) is 4. The molecule has 1 amide bonds. The van der Waals surface area contributed by atoms with Crippen LogP contribution < -0.4 is 4.90 Å². The number of aromatic nitrogens is 1. The van der Waals surface area contributed by atoms with Crippen LogP contribution in [0.3, 0.4) is 0 Å². The van der Waals surface area contributed by atoms with Crippen LogP contribution in [0.25, 0.3) is 11.0 Å². The van der Waals surface area contributed by atoms with E-state index in [1.165, 1.54) is 6.07 Å². The van der Waals surface area contributed by atoms with Crippen molar-refractivity contribution in [3.8, 4) is 0 Å². The van der Waals surface area contributed by atoms with E-state index in [1.807, 2.05) is 17.9 Å². The van der Waals surface area contributed by atoms with Gasteiger partial charge in [0.05, 0.1) is 10.6 Å². The van der Waals surface area contributed by atoms with Gasteiger partial charge in [0, 0.05) is 43.3 Å². The summed E-state index contributed by atoms with van der Waals surface area (Å²) in [6, 6.07) is 7.73. The molecule has 0 saturated carbocycles. The van der Waals surface area contributed by atoms with E-state index in [9.17, 15) is 18.0 Å². The molecule has 1 fully saturated rings. The Morgan fingerprint density at radius 1 is 1.14 bits per heavy atom. The van der Waals surface area contributed by atoms with Crippen molar-refractivity contribution in [2.45, 2.75) is 13.1 Å². The van der Waals surface area contributed by atoms with Gasteiger partial charge in [-0.2, -0.15) is 13.2 Å². The minimum atomic E-state index is -4.41. The minimum absolute atomic E-state index is 0.227. The topological polar surface area (TPSA) is 49.6 Å². The zero-order chi connectivity index (χ0) is 20.8. The molecule has 3 heterocycles. The predicted octanol–water partition coefficient (Wildman–Crippen LogP) is 4.77. The van der Waals surface area contributed by atoms with Gasteiger partial charge in [0.15, 0.2) is 11.3 Å². The second-order valence-corrected chi connectivity index (χ2v) is 7.26. The van der Waals surface area contributed by atoms with Crippen molar-refractivity contribution in [2.75, 3.05) is 31.1 Å². The average Bonchev–Trinajstić information content (AvgIpc) is 3.05. The molecule has 0 atom stereocenters. The molecular weight excluding hydrogens is 407 g/mol. The van der Waals surface area contributed by atoms with Crippen LogP contribution in [-0.4, -0.2) is 42.0 Å². The SMILES string of the molecule is Cc1c(C(=O)N2CCN(c3ccc(C(F)(F)F)cn3)CC2)oc2c(Cl)cccc12. The van der Waals surface area contributed by atoms with Crippen LogP contribution in [-0.2, 0) is 6.18 Å². The Morgan fingerprint density at radius 3 is 2.45 bits per heavy atom. The van der Waals surface area contributed by atoms with Crippen LogP contribution in [0, 0.1) is 6.92 Å². The van der Waals surface area contributed by atoms with Crippen molar-refractivity contribution in [1.82, 2.24) is 9.88 Å². The largest absolute Gasteiger partial charge is 0.449 e. The third kappa shape index (κ3) is 3.64. The first kappa shape index (κ1) is 19.6. The number of benzene rings is 1. The van der Waals surface area contributed by atoms with Crippen molar-refractivity contribution in [1.29, 1.82) is 0 Å². The zero-order valence-corrected chi connectivity index (χ0v) is 16.2. The minimum Gasteiger partial charge on any atom is -0.449 e. The van der Waals surface area contributed by atoms with Gasteiger partial charge in [-0.05, 0) is 25.1 Å². The number of anilines is 1. The Balaban J connectivity index is 1.46. The number of carbonyl (C=O) groups excluding carboxylic acids is 1. The fourth-order valence-corrected chi connectivity index (χ4v) is 3.65. The van der Waals surface area contributed by atoms with Gasteiger partial charge in [-0.3, -0.25) is 4.79 Å². The Kier molecular flexibility index (Phi) is 4.90. The number of hydrogen-bond donors (Lipinski definition) is 0. The summed E-state index contributed by atoms with van der Waals surface area (Å²) in [6.45, 7) is 3.56. The third-order valence-corrected chi connectivity index (χ3v) is 5.37. The molecule has 0 bridgehead atoms. The standard InChI is InChI=1S/C20H17ClF3N3O2/c1-12-14-3-2-4-15(21)18(14)29-17(12)19(28)27-9-7-26(8-10-27)16-6-5-13(11-25-16)20(22,23)24/h2-6,11H,7-10H2,1H3. The van der Waals surface area contributed by atoms with Crippen molar-refractivity contribution >= 4 is 34.3 Å². The normalized spacial score (nSPS) is 15.2. The number of pyridine rings is 1. The van der Waals surface area contributed by atoms with E-state index in [-0.39, 0.29) is 11.7 Å². The highest BCUT2D eigenvalue weighted by Crippen LogP contribution is 2.32. The van der Waals surface area contributed by atoms with Crippen LogP contribution in [0.15, 0.2) is 40.9 Å². The number of furan rings is 1. The van der Waals surface area contributed by atoms with E-state index in [1.54, 1.807) is 17.0 Å². The molecule has 9 heteroatoms. The molecule has 4 rings (SSSR count). The van der Waals surface area contributed by atoms with E-state index in [2.05, 4.69) is 4.98 Å². The second kappa shape index (κ2) is 7.26. The van der Waals surface area contributed by atoms with Crippen molar-refractivity contribution in [3.05, 3.63) is 58.4 Å². The lowest BCUT2D eigenvalue weighted by Gasteiger charge is -2.35. The molecule has 1 aliphatic heterocycles. The number of carbonyl (C=O) groups is 1. The number of fused-ring (bicyclic) bond motifs is 1. The highest BCUT2D eigenvalue weighted by Gasteiger charge is 2.31. The quantitative estimate of drug-likeness (QED) is 0.595. The summed E-state index contributed by atoms with van der Waals surface area (Å²) in [5.41, 5.74) is 0.441. The number of rotatable bonds is 2. The average molecular weight is 424 g/mol. The van der Waals surface area contributed by atoms with Crippen molar-refractivity contribution in [2.24, 2.45) is 0 Å².